The molecule has 1 aliphatic heterocycles. The molecule has 6 nitrogen and oxygen atoms in total. The van der Waals surface area contributed by atoms with Crippen LogP contribution in [0.5, 0.6) is 0 Å². The Hall–Kier alpha value is -1.44. The predicted molar refractivity (Wildman–Crippen MR) is 78.5 cm³/mol. The Balaban J connectivity index is 2.17. The third-order valence-electron chi connectivity index (χ3n) is 3.57. The molecular formula is C14H20N2O4S. The molecule has 0 bridgehead atoms. The first-order valence-corrected chi connectivity index (χ1v) is 8.50. The van der Waals surface area contributed by atoms with Gasteiger partial charge in [-0.3, -0.25) is 4.79 Å². The average molecular weight is 312 g/mol. The van der Waals surface area contributed by atoms with Crippen LogP contribution < -0.4 is 10.0 Å². The van der Waals surface area contributed by atoms with Crippen molar-refractivity contribution >= 4 is 16.0 Å². The van der Waals surface area contributed by atoms with E-state index in [9.17, 15) is 13.2 Å². The first-order chi connectivity index (χ1) is 9.94. The Labute approximate surface area is 124 Å². The Morgan fingerprint density at radius 2 is 2.19 bits per heavy atom. The van der Waals surface area contributed by atoms with Gasteiger partial charge < -0.3 is 10.4 Å². The number of carbonyl (C=O) groups is 1. The molecule has 0 unspecified atom stereocenters. The topological polar surface area (TPSA) is 95.5 Å². The zero-order valence-corrected chi connectivity index (χ0v) is 12.7. The lowest BCUT2D eigenvalue weighted by atomic mass is 9.96. The summed E-state index contributed by atoms with van der Waals surface area (Å²) in [4.78, 5) is 11.2. The highest BCUT2D eigenvalue weighted by Crippen LogP contribution is 2.21. The van der Waals surface area contributed by atoms with Crippen LogP contribution in [0.15, 0.2) is 23.1 Å². The van der Waals surface area contributed by atoms with Crippen LogP contribution in [0.4, 0.5) is 0 Å². The molecule has 0 aromatic heterocycles. The first-order valence-electron chi connectivity index (χ1n) is 7.01. The monoisotopic (exact) mass is 312 g/mol. The van der Waals surface area contributed by atoms with E-state index in [0.29, 0.717) is 19.5 Å². The number of hydrogen-bond donors (Lipinski definition) is 3. The predicted octanol–water partition coefficient (Wildman–Crippen LogP) is 0.864. The van der Waals surface area contributed by atoms with E-state index < -0.39 is 22.0 Å². The third-order valence-corrected chi connectivity index (χ3v) is 5.03. The lowest BCUT2D eigenvalue weighted by Crippen LogP contribution is -2.41. The number of rotatable bonds is 6. The van der Waals surface area contributed by atoms with Gasteiger partial charge in [0.2, 0.25) is 10.0 Å². The molecule has 0 spiro atoms. The van der Waals surface area contributed by atoms with Gasteiger partial charge in [-0.1, -0.05) is 19.4 Å². The van der Waals surface area contributed by atoms with Crippen molar-refractivity contribution in [2.75, 3.05) is 6.54 Å². The second-order valence-electron chi connectivity index (χ2n) is 5.16. The SMILES string of the molecule is CCCCNS(=O)(=O)c1ccc2c(c1)CN[C@H](C(=O)O)C2. The summed E-state index contributed by atoms with van der Waals surface area (Å²) in [5, 5.41) is 11.9. The van der Waals surface area contributed by atoms with Crippen LogP contribution in [0.25, 0.3) is 0 Å². The van der Waals surface area contributed by atoms with E-state index in [2.05, 4.69) is 10.0 Å². The van der Waals surface area contributed by atoms with Gasteiger partial charge in [0.1, 0.15) is 6.04 Å². The van der Waals surface area contributed by atoms with Crippen LogP contribution >= 0.6 is 0 Å². The minimum atomic E-state index is -3.49. The largest absolute Gasteiger partial charge is 0.480 e. The summed E-state index contributed by atoms with van der Waals surface area (Å²) in [6, 6.07) is 4.26. The minimum absolute atomic E-state index is 0.230. The molecular weight excluding hydrogens is 292 g/mol. The maximum atomic E-state index is 12.1. The highest BCUT2D eigenvalue weighted by molar-refractivity contribution is 7.89. The van der Waals surface area contributed by atoms with Gasteiger partial charge >= 0.3 is 5.97 Å². The van der Waals surface area contributed by atoms with Gasteiger partial charge in [0.25, 0.3) is 0 Å². The number of aliphatic carboxylic acids is 1. The van der Waals surface area contributed by atoms with E-state index in [-0.39, 0.29) is 4.90 Å². The standard InChI is InChI=1S/C14H20N2O4S/c1-2-3-6-16-21(19,20)12-5-4-10-8-13(14(17)18)15-9-11(10)7-12/h4-5,7,13,15-16H,2-3,6,8-9H2,1H3,(H,17,18)/t13-/m0/s1. The van der Waals surface area contributed by atoms with Crippen LogP contribution in [0.1, 0.15) is 30.9 Å². The summed E-state index contributed by atoms with van der Waals surface area (Å²) < 4.78 is 26.8. The quantitative estimate of drug-likeness (QED) is 0.677. The van der Waals surface area contributed by atoms with E-state index in [4.69, 9.17) is 5.11 Å². The maximum absolute atomic E-state index is 12.1. The van der Waals surface area contributed by atoms with Crippen molar-refractivity contribution in [2.45, 2.75) is 43.7 Å². The fourth-order valence-corrected chi connectivity index (χ4v) is 3.42. The van der Waals surface area contributed by atoms with E-state index in [1.54, 1.807) is 12.1 Å². The van der Waals surface area contributed by atoms with E-state index >= 15 is 0 Å². The number of sulfonamides is 1. The van der Waals surface area contributed by atoms with Crippen molar-refractivity contribution in [3.05, 3.63) is 29.3 Å². The molecule has 0 saturated carbocycles. The molecule has 0 saturated heterocycles. The zero-order chi connectivity index (χ0) is 15.5. The summed E-state index contributed by atoms with van der Waals surface area (Å²) in [6.45, 7) is 2.79. The molecule has 1 atom stereocenters. The Morgan fingerprint density at radius 3 is 2.86 bits per heavy atom. The number of carboxylic acids is 1. The summed E-state index contributed by atoms with van der Waals surface area (Å²) in [6.07, 6.45) is 2.09. The van der Waals surface area contributed by atoms with Gasteiger partial charge in [-0.05, 0) is 36.1 Å². The van der Waals surface area contributed by atoms with Gasteiger partial charge in [-0.25, -0.2) is 13.1 Å². The molecule has 0 amide bonds. The molecule has 1 aromatic rings. The van der Waals surface area contributed by atoms with E-state index in [0.717, 1.165) is 24.0 Å². The van der Waals surface area contributed by atoms with Gasteiger partial charge in [0.15, 0.2) is 0 Å². The summed E-state index contributed by atoms with van der Waals surface area (Å²) in [5.74, 6) is -0.890. The average Bonchev–Trinajstić information content (AvgIpc) is 2.46. The molecule has 116 valence electrons. The molecule has 7 heteroatoms. The molecule has 1 heterocycles. The van der Waals surface area contributed by atoms with Crippen molar-refractivity contribution in [3.63, 3.8) is 0 Å². The molecule has 0 fully saturated rings. The Kier molecular flexibility index (Phi) is 4.97. The van der Waals surface area contributed by atoms with Crippen molar-refractivity contribution in [3.8, 4) is 0 Å². The normalized spacial score (nSPS) is 18.2. The summed E-state index contributed by atoms with van der Waals surface area (Å²) in [7, 11) is -3.49. The van der Waals surface area contributed by atoms with Crippen molar-refractivity contribution < 1.29 is 18.3 Å². The van der Waals surface area contributed by atoms with Crippen molar-refractivity contribution in [1.82, 2.24) is 10.0 Å². The molecule has 0 aliphatic carbocycles. The van der Waals surface area contributed by atoms with Crippen LogP contribution in [0.3, 0.4) is 0 Å². The highest BCUT2D eigenvalue weighted by atomic mass is 32.2. The molecule has 2 rings (SSSR count). The number of fused-ring (bicyclic) bond motifs is 1. The number of hydrogen-bond acceptors (Lipinski definition) is 4. The second kappa shape index (κ2) is 6.55. The van der Waals surface area contributed by atoms with Crippen molar-refractivity contribution in [2.24, 2.45) is 0 Å². The number of carboxylic acid groups (broad SMARTS) is 1. The lowest BCUT2D eigenvalue weighted by molar-refractivity contribution is -0.139. The number of nitrogens with one attached hydrogen (secondary N) is 2. The van der Waals surface area contributed by atoms with Crippen LogP contribution in [-0.2, 0) is 27.8 Å². The van der Waals surface area contributed by atoms with E-state index in [1.165, 1.54) is 6.07 Å². The van der Waals surface area contributed by atoms with Gasteiger partial charge in [0, 0.05) is 13.1 Å². The van der Waals surface area contributed by atoms with Crippen LogP contribution in [0, 0.1) is 0 Å². The zero-order valence-electron chi connectivity index (χ0n) is 11.9. The molecule has 21 heavy (non-hydrogen) atoms. The summed E-state index contributed by atoms with van der Waals surface area (Å²) in [5.41, 5.74) is 1.72. The smallest absolute Gasteiger partial charge is 0.321 e. The van der Waals surface area contributed by atoms with Gasteiger partial charge in [-0.15, -0.1) is 0 Å². The second-order valence-corrected chi connectivity index (χ2v) is 6.92. The van der Waals surface area contributed by atoms with Crippen molar-refractivity contribution in [1.29, 1.82) is 0 Å². The van der Waals surface area contributed by atoms with Crippen LogP contribution in [-0.4, -0.2) is 32.1 Å². The van der Waals surface area contributed by atoms with E-state index in [1.807, 2.05) is 6.92 Å². The molecule has 1 aliphatic rings. The summed E-state index contributed by atoms with van der Waals surface area (Å²) >= 11 is 0. The maximum Gasteiger partial charge on any atom is 0.321 e. The number of unbranched alkanes of at least 4 members (excludes halogenated alkanes) is 1. The molecule has 3 N–H and O–H groups in total. The fraction of sp³-hybridized carbons (Fsp3) is 0.500. The number of benzene rings is 1. The first kappa shape index (κ1) is 15.9. The Bertz CT molecular complexity index is 628. The van der Waals surface area contributed by atoms with Gasteiger partial charge in [-0.2, -0.15) is 0 Å². The Morgan fingerprint density at radius 1 is 1.43 bits per heavy atom. The third kappa shape index (κ3) is 3.81. The fourth-order valence-electron chi connectivity index (χ4n) is 2.30. The van der Waals surface area contributed by atoms with Crippen LogP contribution in [0.2, 0.25) is 0 Å². The molecule has 0 radical (unpaired) electrons. The lowest BCUT2D eigenvalue weighted by Gasteiger charge is -2.23. The van der Waals surface area contributed by atoms with Gasteiger partial charge in [0.05, 0.1) is 4.90 Å². The minimum Gasteiger partial charge on any atom is -0.480 e. The molecule has 1 aromatic carbocycles. The highest BCUT2D eigenvalue weighted by Gasteiger charge is 2.25.